The molecule has 0 saturated carbocycles. The summed E-state index contributed by atoms with van der Waals surface area (Å²) in [5, 5.41) is 4.95. The Balaban J connectivity index is 1.15. The molecule has 0 aliphatic carbocycles. The zero-order valence-corrected chi connectivity index (χ0v) is 39.8. The van der Waals surface area contributed by atoms with E-state index in [1.165, 1.54) is 77.1 Å². The smallest absolute Gasteiger partial charge is 0.0619 e. The van der Waals surface area contributed by atoms with Gasteiger partial charge in [-0.25, -0.2) is 0 Å². The van der Waals surface area contributed by atoms with Crippen molar-refractivity contribution >= 4 is 49.6 Å². The van der Waals surface area contributed by atoms with E-state index in [1.807, 2.05) is 0 Å². The third-order valence-corrected chi connectivity index (χ3v) is 13.7. The van der Waals surface area contributed by atoms with Crippen LogP contribution in [0, 0.1) is 0 Å². The second kappa shape index (κ2) is 17.0. The van der Waals surface area contributed by atoms with E-state index in [0.717, 1.165) is 33.9 Å². The molecule has 330 valence electrons. The first kappa shape index (κ1) is 42.7. The summed E-state index contributed by atoms with van der Waals surface area (Å²) in [6.45, 7) is 13.9. The van der Waals surface area contributed by atoms with Crippen LogP contribution in [0.3, 0.4) is 0 Å². The number of anilines is 3. The number of nitrogens with zero attached hydrogens (tertiary/aromatic N) is 2. The van der Waals surface area contributed by atoms with E-state index in [9.17, 15) is 0 Å². The number of aromatic nitrogens is 1. The van der Waals surface area contributed by atoms with Crippen LogP contribution in [-0.2, 0) is 10.8 Å². The number of para-hydroxylation sites is 5. The number of hydrogen-bond donors (Lipinski definition) is 0. The molecule has 10 aromatic carbocycles. The van der Waals surface area contributed by atoms with Crippen molar-refractivity contribution in [2.75, 3.05) is 4.90 Å². The highest BCUT2D eigenvalue weighted by Crippen LogP contribution is 2.48. The second-order valence-corrected chi connectivity index (χ2v) is 20.2. The molecule has 0 radical (unpaired) electrons. The maximum absolute atomic E-state index is 2.50. The van der Waals surface area contributed by atoms with Gasteiger partial charge in [-0.1, -0.05) is 230 Å². The van der Waals surface area contributed by atoms with Crippen LogP contribution in [0.5, 0.6) is 0 Å². The minimum atomic E-state index is -0.0348. The van der Waals surface area contributed by atoms with Crippen LogP contribution >= 0.6 is 0 Å². The van der Waals surface area contributed by atoms with Gasteiger partial charge < -0.3 is 9.47 Å². The van der Waals surface area contributed by atoms with Crippen molar-refractivity contribution in [1.82, 2.24) is 4.57 Å². The molecule has 2 heteroatoms. The summed E-state index contributed by atoms with van der Waals surface area (Å²) in [5.41, 5.74) is 19.0. The van der Waals surface area contributed by atoms with E-state index in [4.69, 9.17) is 0 Å². The highest BCUT2D eigenvalue weighted by molar-refractivity contribution is 6.14. The average Bonchev–Trinajstić information content (AvgIpc) is 3.71. The van der Waals surface area contributed by atoms with Crippen LogP contribution in [0.1, 0.15) is 52.7 Å². The molecule has 0 spiro atoms. The van der Waals surface area contributed by atoms with Crippen LogP contribution in [0.2, 0.25) is 0 Å². The van der Waals surface area contributed by atoms with Gasteiger partial charge in [-0.2, -0.15) is 0 Å². The lowest BCUT2D eigenvalue weighted by atomic mass is 9.78. The molecule has 0 N–H and O–H groups in total. The fourth-order valence-corrected chi connectivity index (χ4v) is 10.2. The highest BCUT2D eigenvalue weighted by Gasteiger charge is 2.26. The van der Waals surface area contributed by atoms with Crippen LogP contribution in [0.4, 0.5) is 17.1 Å². The first-order chi connectivity index (χ1) is 33.0. The molecule has 0 amide bonds. The molecule has 11 rings (SSSR count). The van der Waals surface area contributed by atoms with Gasteiger partial charge in [-0.05, 0) is 103 Å². The first-order valence-corrected chi connectivity index (χ1v) is 23.9. The normalized spacial score (nSPS) is 12.0. The highest BCUT2D eigenvalue weighted by atomic mass is 15.1. The molecule has 0 fully saturated rings. The Hall–Kier alpha value is -7.94. The predicted molar refractivity (Wildman–Crippen MR) is 292 cm³/mol. The molecule has 1 aromatic heterocycles. The van der Waals surface area contributed by atoms with Gasteiger partial charge >= 0.3 is 0 Å². The molecule has 0 aliphatic rings. The second-order valence-electron chi connectivity index (χ2n) is 20.2. The van der Waals surface area contributed by atoms with Crippen molar-refractivity contribution in [2.24, 2.45) is 0 Å². The van der Waals surface area contributed by atoms with Gasteiger partial charge in [0.1, 0.15) is 0 Å². The fraction of sp³-hybridized carbons (Fsp3) is 0.121. The minimum Gasteiger partial charge on any atom is -0.309 e. The van der Waals surface area contributed by atoms with Crippen molar-refractivity contribution in [2.45, 2.75) is 52.4 Å². The van der Waals surface area contributed by atoms with Crippen molar-refractivity contribution in [1.29, 1.82) is 0 Å². The van der Waals surface area contributed by atoms with Gasteiger partial charge in [0.05, 0.1) is 22.4 Å². The summed E-state index contributed by atoms with van der Waals surface area (Å²) in [5.74, 6) is 0. The van der Waals surface area contributed by atoms with Gasteiger partial charge in [0.25, 0.3) is 0 Å². The SMILES string of the molecule is CC(C)(C)c1cc(-c2ccccc2N(c2ccc(-c3cccc4c5ccccc5n(-c5ccccc5)c34)cc2)c2ccccc2-c2cccc3cccc(-c4ccccc4)c23)cc(C(C)(C)C)c1. The fourth-order valence-electron chi connectivity index (χ4n) is 10.2. The van der Waals surface area contributed by atoms with Crippen LogP contribution in [0.25, 0.3) is 82.8 Å². The average molecular weight is 877 g/mol. The molecule has 0 bridgehead atoms. The Morgan fingerprint density at radius 2 is 0.853 bits per heavy atom. The number of benzene rings is 10. The molecule has 0 atom stereocenters. The standard InChI is InChI=1S/C66H56N2/c1-65(2,3)49-42-48(43-50(44-49)66(4,5)6)53-28-13-16-35-60(53)67(61-36-17-14-29-56(61)58-33-20-25-47-24-19-31-54(63(47)58)45-22-9-7-10-23-45)52-40-38-46(39-41-52)55-32-21-34-59-57-30-15-18-37-62(57)68(64(55)59)51-26-11-8-12-27-51/h7-44H,1-6H3. The third-order valence-electron chi connectivity index (χ3n) is 13.7. The first-order valence-electron chi connectivity index (χ1n) is 23.9. The van der Waals surface area contributed by atoms with E-state index in [-0.39, 0.29) is 10.8 Å². The Labute approximate surface area is 401 Å². The number of hydrogen-bond acceptors (Lipinski definition) is 1. The molecule has 0 saturated heterocycles. The number of fused-ring (bicyclic) bond motifs is 4. The summed E-state index contributed by atoms with van der Waals surface area (Å²) in [4.78, 5) is 2.50. The molecular formula is C66H56N2. The molecule has 0 aliphatic heterocycles. The molecule has 2 nitrogen and oxygen atoms in total. The van der Waals surface area contributed by atoms with Crippen LogP contribution in [-0.4, -0.2) is 4.57 Å². The Bertz CT molecular complexity index is 3580. The van der Waals surface area contributed by atoms with E-state index in [0.29, 0.717) is 0 Å². The summed E-state index contributed by atoms with van der Waals surface area (Å²) in [7, 11) is 0. The van der Waals surface area contributed by atoms with Crippen LogP contribution in [0.15, 0.2) is 231 Å². The van der Waals surface area contributed by atoms with Gasteiger partial charge in [0.15, 0.2) is 0 Å². The zero-order valence-electron chi connectivity index (χ0n) is 39.8. The van der Waals surface area contributed by atoms with Gasteiger partial charge in [-0.15, -0.1) is 0 Å². The summed E-state index contributed by atoms with van der Waals surface area (Å²) in [6.07, 6.45) is 0. The van der Waals surface area contributed by atoms with E-state index in [1.54, 1.807) is 0 Å². The van der Waals surface area contributed by atoms with Crippen molar-refractivity contribution in [3.8, 4) is 50.2 Å². The van der Waals surface area contributed by atoms with E-state index >= 15 is 0 Å². The maximum atomic E-state index is 2.50. The lowest BCUT2D eigenvalue weighted by Gasteiger charge is -2.31. The van der Waals surface area contributed by atoms with Crippen LogP contribution < -0.4 is 4.90 Å². The molecule has 11 aromatic rings. The monoisotopic (exact) mass is 876 g/mol. The van der Waals surface area contributed by atoms with Crippen molar-refractivity contribution < 1.29 is 0 Å². The summed E-state index contributed by atoms with van der Waals surface area (Å²) < 4.78 is 2.43. The van der Waals surface area contributed by atoms with Crippen molar-refractivity contribution in [3.05, 3.63) is 242 Å². The van der Waals surface area contributed by atoms with Gasteiger partial charge in [-0.3, -0.25) is 0 Å². The van der Waals surface area contributed by atoms with E-state index < -0.39 is 0 Å². The lowest BCUT2D eigenvalue weighted by molar-refractivity contribution is 0.569. The Morgan fingerprint density at radius 1 is 0.353 bits per heavy atom. The Morgan fingerprint density at radius 3 is 1.53 bits per heavy atom. The quantitative estimate of drug-likeness (QED) is 0.148. The third kappa shape index (κ3) is 7.66. The summed E-state index contributed by atoms with van der Waals surface area (Å²) >= 11 is 0. The lowest BCUT2D eigenvalue weighted by Crippen LogP contribution is -2.17. The number of rotatable bonds is 8. The minimum absolute atomic E-state index is 0.0348. The topological polar surface area (TPSA) is 8.17 Å². The molecular weight excluding hydrogens is 821 g/mol. The van der Waals surface area contributed by atoms with Gasteiger partial charge in [0, 0.05) is 38.8 Å². The molecule has 0 unspecified atom stereocenters. The zero-order chi connectivity index (χ0) is 46.6. The van der Waals surface area contributed by atoms with E-state index in [2.05, 4.69) is 282 Å². The predicted octanol–water partition coefficient (Wildman–Crippen LogP) is 18.7. The van der Waals surface area contributed by atoms with Gasteiger partial charge in [0.2, 0.25) is 0 Å². The summed E-state index contributed by atoms with van der Waals surface area (Å²) in [6, 6.07) is 85.0. The maximum Gasteiger partial charge on any atom is 0.0619 e. The van der Waals surface area contributed by atoms with Crippen molar-refractivity contribution in [3.63, 3.8) is 0 Å². The largest absolute Gasteiger partial charge is 0.309 e. The molecule has 1 heterocycles. The Kier molecular flexibility index (Phi) is 10.7. The molecule has 68 heavy (non-hydrogen) atoms.